The molecule has 2 rings (SSSR count). The number of benzene rings is 2. The van der Waals surface area contributed by atoms with Crippen LogP contribution in [0.15, 0.2) is 48.5 Å². The summed E-state index contributed by atoms with van der Waals surface area (Å²) in [4.78, 5) is 0. The SMILES string of the molecule is CC(C)(C)c1ccc(N)cc1.CC(C)(C)c1ccc(O)cc1. The van der Waals surface area contributed by atoms with Crippen LogP contribution in [0.4, 0.5) is 5.69 Å². The molecule has 2 heteroatoms. The first-order valence-corrected chi connectivity index (χ1v) is 7.66. The molecule has 0 spiro atoms. The van der Waals surface area contributed by atoms with Crippen LogP contribution < -0.4 is 5.73 Å². The molecule has 22 heavy (non-hydrogen) atoms. The summed E-state index contributed by atoms with van der Waals surface area (Å²) in [6, 6.07) is 15.4. The van der Waals surface area contributed by atoms with Gasteiger partial charge in [-0.05, 0) is 46.2 Å². The Morgan fingerprint density at radius 3 is 1.27 bits per heavy atom. The van der Waals surface area contributed by atoms with Crippen LogP contribution in [-0.4, -0.2) is 5.11 Å². The molecule has 120 valence electrons. The zero-order valence-corrected chi connectivity index (χ0v) is 14.6. The minimum atomic E-state index is 0.174. The number of hydrogen-bond donors (Lipinski definition) is 2. The van der Waals surface area contributed by atoms with Gasteiger partial charge in [0.05, 0.1) is 0 Å². The first-order chi connectivity index (χ1) is 10.00. The fourth-order valence-corrected chi connectivity index (χ4v) is 1.94. The third-order valence-corrected chi connectivity index (χ3v) is 3.51. The maximum atomic E-state index is 9.02. The van der Waals surface area contributed by atoms with Crippen molar-refractivity contribution < 1.29 is 5.11 Å². The van der Waals surface area contributed by atoms with Crippen molar-refractivity contribution in [2.45, 2.75) is 52.4 Å². The highest BCUT2D eigenvalue weighted by Gasteiger charge is 2.12. The van der Waals surface area contributed by atoms with Crippen LogP contribution >= 0.6 is 0 Å². The fraction of sp³-hybridized carbons (Fsp3) is 0.400. The third kappa shape index (κ3) is 5.80. The molecule has 0 amide bonds. The van der Waals surface area contributed by atoms with E-state index in [1.165, 1.54) is 11.1 Å². The first kappa shape index (κ1) is 18.1. The lowest BCUT2D eigenvalue weighted by Crippen LogP contribution is -2.10. The van der Waals surface area contributed by atoms with Crippen molar-refractivity contribution in [3.8, 4) is 5.75 Å². The first-order valence-electron chi connectivity index (χ1n) is 7.66. The van der Waals surface area contributed by atoms with Gasteiger partial charge in [-0.2, -0.15) is 0 Å². The molecule has 0 bridgehead atoms. The van der Waals surface area contributed by atoms with E-state index in [0.717, 1.165) is 5.69 Å². The number of rotatable bonds is 0. The average molecular weight is 299 g/mol. The maximum absolute atomic E-state index is 9.02. The number of phenols is 1. The Balaban J connectivity index is 0.000000220. The van der Waals surface area contributed by atoms with E-state index in [2.05, 4.69) is 53.7 Å². The van der Waals surface area contributed by atoms with Crippen molar-refractivity contribution in [2.24, 2.45) is 0 Å². The molecule has 0 fully saturated rings. The molecule has 0 atom stereocenters. The van der Waals surface area contributed by atoms with E-state index in [0.29, 0.717) is 5.75 Å². The van der Waals surface area contributed by atoms with Crippen molar-refractivity contribution in [3.63, 3.8) is 0 Å². The molecule has 2 nitrogen and oxygen atoms in total. The smallest absolute Gasteiger partial charge is 0.115 e. The number of nitrogen functional groups attached to an aromatic ring is 1. The standard InChI is InChI=1S/C10H15N.C10H14O/c2*1-10(2,3)8-4-6-9(11)7-5-8/h4-7H,11H2,1-3H3;4-7,11H,1-3H3. The van der Waals surface area contributed by atoms with Crippen LogP contribution in [0.3, 0.4) is 0 Å². The zero-order chi connectivity index (χ0) is 17.0. The Morgan fingerprint density at radius 2 is 0.955 bits per heavy atom. The molecule has 0 aliphatic carbocycles. The van der Waals surface area contributed by atoms with Crippen molar-refractivity contribution >= 4 is 5.69 Å². The van der Waals surface area contributed by atoms with Crippen molar-refractivity contribution in [1.29, 1.82) is 0 Å². The predicted molar refractivity (Wildman–Crippen MR) is 96.4 cm³/mol. The second kappa shape index (κ2) is 6.87. The van der Waals surface area contributed by atoms with Gasteiger partial charge in [0.25, 0.3) is 0 Å². The highest BCUT2D eigenvalue weighted by atomic mass is 16.3. The van der Waals surface area contributed by atoms with E-state index >= 15 is 0 Å². The van der Waals surface area contributed by atoms with E-state index in [1.54, 1.807) is 12.1 Å². The van der Waals surface area contributed by atoms with Crippen LogP contribution in [0.2, 0.25) is 0 Å². The summed E-state index contributed by atoms with van der Waals surface area (Å²) in [5.74, 6) is 0.331. The molecule has 0 aromatic heterocycles. The second-order valence-electron chi connectivity index (χ2n) is 7.67. The van der Waals surface area contributed by atoms with E-state index in [9.17, 15) is 0 Å². The van der Waals surface area contributed by atoms with Crippen molar-refractivity contribution in [2.75, 3.05) is 5.73 Å². The van der Waals surface area contributed by atoms with Gasteiger partial charge in [-0.25, -0.2) is 0 Å². The summed E-state index contributed by atoms with van der Waals surface area (Å²) in [5, 5.41) is 9.02. The van der Waals surface area contributed by atoms with Gasteiger partial charge in [0.15, 0.2) is 0 Å². The number of phenolic OH excluding ortho intramolecular Hbond substituents is 1. The molecular formula is C20H29NO. The van der Waals surface area contributed by atoms with Gasteiger partial charge in [0, 0.05) is 5.69 Å². The average Bonchev–Trinajstić information content (AvgIpc) is 2.38. The molecule has 3 N–H and O–H groups in total. The second-order valence-corrected chi connectivity index (χ2v) is 7.67. The van der Waals surface area contributed by atoms with Crippen LogP contribution in [0, 0.1) is 0 Å². The largest absolute Gasteiger partial charge is 0.508 e. The van der Waals surface area contributed by atoms with Crippen molar-refractivity contribution in [1.82, 2.24) is 0 Å². The van der Waals surface area contributed by atoms with Crippen LogP contribution in [0.25, 0.3) is 0 Å². The number of aromatic hydroxyl groups is 1. The molecule has 0 saturated heterocycles. The summed E-state index contributed by atoms with van der Waals surface area (Å²) < 4.78 is 0. The maximum Gasteiger partial charge on any atom is 0.115 e. The quantitative estimate of drug-likeness (QED) is 0.652. The van der Waals surface area contributed by atoms with Crippen LogP contribution in [0.5, 0.6) is 5.75 Å². The van der Waals surface area contributed by atoms with Gasteiger partial charge in [-0.1, -0.05) is 65.8 Å². The van der Waals surface area contributed by atoms with Crippen LogP contribution in [0.1, 0.15) is 52.7 Å². The van der Waals surface area contributed by atoms with E-state index in [1.807, 2.05) is 24.3 Å². The predicted octanol–water partition coefficient (Wildman–Crippen LogP) is 5.26. The molecule has 0 saturated carbocycles. The van der Waals surface area contributed by atoms with Crippen LogP contribution in [-0.2, 0) is 10.8 Å². The fourth-order valence-electron chi connectivity index (χ4n) is 1.94. The molecular weight excluding hydrogens is 270 g/mol. The normalized spacial score (nSPS) is 11.5. The van der Waals surface area contributed by atoms with Gasteiger partial charge in [0.2, 0.25) is 0 Å². The summed E-state index contributed by atoms with van der Waals surface area (Å²) in [6.07, 6.45) is 0. The van der Waals surface area contributed by atoms with Gasteiger partial charge < -0.3 is 10.8 Å². The lowest BCUT2D eigenvalue weighted by Gasteiger charge is -2.18. The summed E-state index contributed by atoms with van der Waals surface area (Å²) >= 11 is 0. The third-order valence-electron chi connectivity index (χ3n) is 3.51. The van der Waals surface area contributed by atoms with Gasteiger partial charge in [-0.15, -0.1) is 0 Å². The Labute approximate surface area is 135 Å². The number of hydrogen-bond acceptors (Lipinski definition) is 2. The molecule has 2 aromatic carbocycles. The molecule has 2 aromatic rings. The van der Waals surface area contributed by atoms with E-state index < -0.39 is 0 Å². The Hall–Kier alpha value is -1.96. The van der Waals surface area contributed by atoms with E-state index in [-0.39, 0.29) is 10.8 Å². The monoisotopic (exact) mass is 299 g/mol. The molecule has 0 unspecified atom stereocenters. The highest BCUT2D eigenvalue weighted by molar-refractivity contribution is 5.40. The summed E-state index contributed by atoms with van der Waals surface area (Å²) in [6.45, 7) is 13.0. The summed E-state index contributed by atoms with van der Waals surface area (Å²) in [5.41, 5.74) is 9.38. The van der Waals surface area contributed by atoms with E-state index in [4.69, 9.17) is 10.8 Å². The molecule has 0 aliphatic heterocycles. The minimum absolute atomic E-state index is 0.174. The highest BCUT2D eigenvalue weighted by Crippen LogP contribution is 2.23. The Bertz CT molecular complexity index is 514. The molecule has 0 aliphatic rings. The molecule has 0 heterocycles. The Kier molecular flexibility index (Phi) is 5.65. The van der Waals surface area contributed by atoms with Gasteiger partial charge >= 0.3 is 0 Å². The Morgan fingerprint density at radius 1 is 0.636 bits per heavy atom. The number of nitrogens with two attached hydrogens (primary N) is 1. The lowest BCUT2D eigenvalue weighted by atomic mass is 9.87. The van der Waals surface area contributed by atoms with Gasteiger partial charge in [0.1, 0.15) is 5.75 Å². The minimum Gasteiger partial charge on any atom is -0.508 e. The summed E-state index contributed by atoms with van der Waals surface area (Å²) in [7, 11) is 0. The zero-order valence-electron chi connectivity index (χ0n) is 14.6. The molecule has 0 radical (unpaired) electrons. The topological polar surface area (TPSA) is 46.2 Å². The number of anilines is 1. The van der Waals surface area contributed by atoms with Crippen molar-refractivity contribution in [3.05, 3.63) is 59.7 Å². The van der Waals surface area contributed by atoms with Gasteiger partial charge in [-0.3, -0.25) is 0 Å². The lowest BCUT2D eigenvalue weighted by molar-refractivity contribution is 0.474.